The molecule has 0 aliphatic carbocycles. The van der Waals surface area contributed by atoms with E-state index in [1.165, 1.54) is 0 Å². The largest absolute Gasteiger partial charge is 0.480 e. The quantitative estimate of drug-likeness (QED) is 0.545. The highest BCUT2D eigenvalue weighted by Gasteiger charge is 2.25. The van der Waals surface area contributed by atoms with Crippen molar-refractivity contribution in [2.75, 3.05) is 6.54 Å². The summed E-state index contributed by atoms with van der Waals surface area (Å²) >= 11 is 0. The fraction of sp³-hybridized carbons (Fsp3) is 0.562. The Balaban J connectivity index is 2.48. The minimum Gasteiger partial charge on any atom is -0.480 e. The molecule has 1 aromatic carbocycles. The summed E-state index contributed by atoms with van der Waals surface area (Å²) in [4.78, 5) is 11.2. The van der Waals surface area contributed by atoms with Gasteiger partial charge in [-0.3, -0.25) is 4.79 Å². The van der Waals surface area contributed by atoms with Crippen LogP contribution in [0.4, 0.5) is 0 Å². The summed E-state index contributed by atoms with van der Waals surface area (Å²) in [6.45, 7) is 4.00. The van der Waals surface area contributed by atoms with E-state index in [9.17, 15) is 15.0 Å². The molecule has 1 rings (SSSR count). The van der Waals surface area contributed by atoms with Crippen LogP contribution >= 0.6 is 0 Å². The average Bonchev–Trinajstić information content (AvgIpc) is 2.47. The number of carboxylic acids is 1. The van der Waals surface area contributed by atoms with Crippen molar-refractivity contribution in [3.05, 3.63) is 35.9 Å². The van der Waals surface area contributed by atoms with Gasteiger partial charge in [0.05, 0.1) is 6.10 Å². The highest BCUT2D eigenvalue weighted by molar-refractivity contribution is 5.73. The number of carbonyl (C=O) groups is 1. The fourth-order valence-electron chi connectivity index (χ4n) is 2.19. The fourth-order valence-corrected chi connectivity index (χ4v) is 2.19. The summed E-state index contributed by atoms with van der Waals surface area (Å²) in [5.74, 6) is -0.895. The van der Waals surface area contributed by atoms with Crippen LogP contribution in [0.2, 0.25) is 0 Å². The third-order valence-corrected chi connectivity index (χ3v) is 3.83. The van der Waals surface area contributed by atoms with Crippen molar-refractivity contribution >= 4 is 5.97 Å². The normalized spacial score (nSPS) is 17.0. The Morgan fingerprint density at radius 2 is 1.95 bits per heavy atom. The molecule has 118 valence electrons. The van der Waals surface area contributed by atoms with Gasteiger partial charge in [0.2, 0.25) is 0 Å². The standard InChI is InChI=1S/C16H26N2O3/c1-3-11(2)15(16(20)21)18-10-14(19)13(17)9-12-7-5-4-6-8-12/h4-8,11,13-15,18-19H,3,9-10,17H2,1-2H3,(H,20,21)/t11?,13-,14-,15+/m1/s1. The Bertz CT molecular complexity index is 425. The highest BCUT2D eigenvalue weighted by Crippen LogP contribution is 2.09. The molecule has 21 heavy (non-hydrogen) atoms. The number of benzene rings is 1. The molecule has 0 fully saturated rings. The lowest BCUT2D eigenvalue weighted by atomic mass is 9.98. The number of nitrogens with two attached hydrogens (primary N) is 1. The number of aliphatic carboxylic acids is 1. The van der Waals surface area contributed by atoms with Crippen molar-refractivity contribution < 1.29 is 15.0 Å². The first kappa shape index (κ1) is 17.6. The van der Waals surface area contributed by atoms with E-state index < -0.39 is 24.2 Å². The van der Waals surface area contributed by atoms with E-state index in [1.807, 2.05) is 44.2 Å². The number of hydrogen-bond donors (Lipinski definition) is 4. The Morgan fingerprint density at radius 1 is 1.33 bits per heavy atom. The molecule has 5 nitrogen and oxygen atoms in total. The molecule has 1 unspecified atom stereocenters. The maximum absolute atomic E-state index is 11.2. The number of rotatable bonds is 9. The third-order valence-electron chi connectivity index (χ3n) is 3.83. The average molecular weight is 294 g/mol. The van der Waals surface area contributed by atoms with E-state index in [-0.39, 0.29) is 12.5 Å². The minimum absolute atomic E-state index is 0.0000443. The van der Waals surface area contributed by atoms with E-state index in [0.717, 1.165) is 12.0 Å². The second-order valence-corrected chi connectivity index (χ2v) is 5.53. The van der Waals surface area contributed by atoms with Gasteiger partial charge >= 0.3 is 5.97 Å². The molecule has 5 N–H and O–H groups in total. The molecule has 0 aromatic heterocycles. The molecule has 0 radical (unpaired) electrons. The first-order chi connectivity index (χ1) is 9.95. The van der Waals surface area contributed by atoms with Gasteiger partial charge in [0, 0.05) is 12.6 Å². The molecule has 1 aromatic rings. The van der Waals surface area contributed by atoms with Crippen molar-refractivity contribution in [3.63, 3.8) is 0 Å². The predicted octanol–water partition coefficient (Wildman–Crippen LogP) is 1.01. The van der Waals surface area contributed by atoms with E-state index in [2.05, 4.69) is 5.32 Å². The topological polar surface area (TPSA) is 95.6 Å². The van der Waals surface area contributed by atoms with Crippen LogP contribution in [0.1, 0.15) is 25.8 Å². The lowest BCUT2D eigenvalue weighted by Crippen LogP contribution is -2.49. The Hall–Kier alpha value is -1.43. The van der Waals surface area contributed by atoms with Crippen LogP contribution in [0.3, 0.4) is 0 Å². The van der Waals surface area contributed by atoms with Gasteiger partial charge in [-0.1, -0.05) is 50.6 Å². The van der Waals surface area contributed by atoms with E-state index in [4.69, 9.17) is 5.73 Å². The number of nitrogens with one attached hydrogen (secondary N) is 1. The zero-order valence-corrected chi connectivity index (χ0v) is 12.7. The lowest BCUT2D eigenvalue weighted by Gasteiger charge is -2.24. The Kier molecular flexibility index (Phi) is 7.36. The van der Waals surface area contributed by atoms with Gasteiger partial charge in [0.25, 0.3) is 0 Å². The van der Waals surface area contributed by atoms with Gasteiger partial charge in [0.1, 0.15) is 6.04 Å². The van der Waals surface area contributed by atoms with E-state index >= 15 is 0 Å². The minimum atomic E-state index is -0.895. The zero-order valence-electron chi connectivity index (χ0n) is 12.7. The third kappa shape index (κ3) is 5.83. The molecule has 0 saturated carbocycles. The van der Waals surface area contributed by atoms with Crippen molar-refractivity contribution in [2.24, 2.45) is 11.7 Å². The van der Waals surface area contributed by atoms with E-state index in [1.54, 1.807) is 0 Å². The van der Waals surface area contributed by atoms with Gasteiger partial charge < -0.3 is 21.3 Å². The molecular formula is C16H26N2O3. The van der Waals surface area contributed by atoms with Crippen LogP contribution in [-0.2, 0) is 11.2 Å². The smallest absolute Gasteiger partial charge is 0.320 e. The van der Waals surface area contributed by atoms with Crippen LogP contribution in [0.25, 0.3) is 0 Å². The maximum atomic E-state index is 11.2. The number of aliphatic hydroxyl groups is 1. The first-order valence-electron chi connectivity index (χ1n) is 7.39. The maximum Gasteiger partial charge on any atom is 0.320 e. The lowest BCUT2D eigenvalue weighted by molar-refractivity contribution is -0.141. The molecule has 0 amide bonds. The summed E-state index contributed by atoms with van der Waals surface area (Å²) in [5.41, 5.74) is 7.04. The van der Waals surface area contributed by atoms with Gasteiger partial charge in [-0.2, -0.15) is 0 Å². The molecule has 0 heterocycles. The second kappa shape index (κ2) is 8.77. The van der Waals surface area contributed by atoms with Crippen molar-refractivity contribution in [2.45, 2.75) is 44.9 Å². The zero-order chi connectivity index (χ0) is 15.8. The van der Waals surface area contributed by atoms with Gasteiger partial charge in [-0.05, 0) is 17.9 Å². The summed E-state index contributed by atoms with van der Waals surface area (Å²) in [6, 6.07) is 8.61. The number of hydrogen-bond acceptors (Lipinski definition) is 4. The van der Waals surface area contributed by atoms with Crippen molar-refractivity contribution in [3.8, 4) is 0 Å². The van der Waals surface area contributed by atoms with Crippen LogP contribution < -0.4 is 11.1 Å². The van der Waals surface area contributed by atoms with Gasteiger partial charge in [0.15, 0.2) is 0 Å². The van der Waals surface area contributed by atoms with Crippen LogP contribution in [0.5, 0.6) is 0 Å². The Labute approximate surface area is 126 Å². The van der Waals surface area contributed by atoms with Crippen LogP contribution in [0.15, 0.2) is 30.3 Å². The van der Waals surface area contributed by atoms with Gasteiger partial charge in [-0.15, -0.1) is 0 Å². The van der Waals surface area contributed by atoms with Crippen LogP contribution in [0, 0.1) is 5.92 Å². The van der Waals surface area contributed by atoms with Gasteiger partial charge in [-0.25, -0.2) is 0 Å². The van der Waals surface area contributed by atoms with E-state index in [0.29, 0.717) is 6.42 Å². The SMILES string of the molecule is CCC(C)[C@H](NC[C@@H](O)[C@H](N)Cc1ccccc1)C(=O)O. The summed E-state index contributed by atoms with van der Waals surface area (Å²) in [6.07, 6.45) is 0.539. The molecule has 5 heteroatoms. The molecule has 4 atom stereocenters. The van der Waals surface area contributed by atoms with Crippen LogP contribution in [-0.4, -0.2) is 40.9 Å². The molecular weight excluding hydrogens is 268 g/mol. The van der Waals surface area contributed by atoms with Crippen molar-refractivity contribution in [1.82, 2.24) is 5.32 Å². The molecule has 0 bridgehead atoms. The molecule has 0 aliphatic rings. The monoisotopic (exact) mass is 294 g/mol. The summed E-state index contributed by atoms with van der Waals surface area (Å²) < 4.78 is 0. The molecule has 0 saturated heterocycles. The summed E-state index contributed by atoms with van der Waals surface area (Å²) in [7, 11) is 0. The molecule has 0 spiro atoms. The predicted molar refractivity (Wildman–Crippen MR) is 83.0 cm³/mol. The first-order valence-corrected chi connectivity index (χ1v) is 7.39. The molecule has 0 aliphatic heterocycles. The van der Waals surface area contributed by atoms with Crippen molar-refractivity contribution in [1.29, 1.82) is 0 Å². The highest BCUT2D eigenvalue weighted by atomic mass is 16.4. The second-order valence-electron chi connectivity index (χ2n) is 5.53. The number of carboxylic acid groups (broad SMARTS) is 1. The summed E-state index contributed by atoms with van der Waals surface area (Å²) in [5, 5.41) is 22.2. The number of aliphatic hydroxyl groups excluding tert-OH is 1. The Morgan fingerprint density at radius 3 is 2.48 bits per heavy atom.